The Morgan fingerprint density at radius 3 is 2.82 bits per heavy atom. The molecule has 0 radical (unpaired) electrons. The number of rotatable bonds is 2. The molecule has 2 heteroatoms. The van der Waals surface area contributed by atoms with E-state index in [1.165, 1.54) is 32.1 Å². The second-order valence-corrected chi connectivity index (χ2v) is 3.59. The van der Waals surface area contributed by atoms with Crippen molar-refractivity contribution in [1.29, 1.82) is 0 Å². The van der Waals surface area contributed by atoms with Gasteiger partial charge in [0.1, 0.15) is 0 Å². The van der Waals surface area contributed by atoms with E-state index in [9.17, 15) is 4.79 Å². The van der Waals surface area contributed by atoms with Gasteiger partial charge in [-0.1, -0.05) is 19.8 Å². The fraction of sp³-hybridized carbons (Fsp3) is 0.889. The monoisotopic (exact) mass is 155 g/mol. The van der Waals surface area contributed by atoms with Crippen LogP contribution in [-0.4, -0.2) is 12.5 Å². The van der Waals surface area contributed by atoms with Crippen LogP contribution < -0.4 is 5.32 Å². The number of carbonyl (C=O) groups is 1. The van der Waals surface area contributed by atoms with Crippen molar-refractivity contribution in [2.75, 3.05) is 0 Å². The largest absolute Gasteiger partial charge is 0.356 e. The zero-order chi connectivity index (χ0) is 8.10. The van der Waals surface area contributed by atoms with E-state index in [2.05, 4.69) is 12.2 Å². The summed E-state index contributed by atoms with van der Waals surface area (Å²) in [4.78, 5) is 10.2. The van der Waals surface area contributed by atoms with Crippen molar-refractivity contribution in [2.24, 2.45) is 5.92 Å². The minimum atomic E-state index is 0.456. The van der Waals surface area contributed by atoms with E-state index >= 15 is 0 Å². The van der Waals surface area contributed by atoms with Crippen molar-refractivity contribution in [3.63, 3.8) is 0 Å². The fourth-order valence-electron chi connectivity index (χ4n) is 1.75. The van der Waals surface area contributed by atoms with Gasteiger partial charge in [0.25, 0.3) is 0 Å². The Labute approximate surface area is 68.4 Å². The molecule has 64 valence electrons. The molecule has 0 spiro atoms. The molecule has 1 rings (SSSR count). The van der Waals surface area contributed by atoms with Gasteiger partial charge in [0.15, 0.2) is 0 Å². The van der Waals surface area contributed by atoms with E-state index in [1.54, 1.807) is 0 Å². The van der Waals surface area contributed by atoms with Crippen LogP contribution in [0.15, 0.2) is 0 Å². The summed E-state index contributed by atoms with van der Waals surface area (Å²) in [5, 5.41) is 2.86. The summed E-state index contributed by atoms with van der Waals surface area (Å²) in [6.45, 7) is 2.29. The summed E-state index contributed by atoms with van der Waals surface area (Å²) in [6, 6.07) is 0.456. The molecule has 1 amide bonds. The minimum absolute atomic E-state index is 0.456. The molecule has 0 aliphatic heterocycles. The molecular formula is C9H17NO. The predicted molar refractivity (Wildman–Crippen MR) is 45.2 cm³/mol. The molecule has 0 saturated heterocycles. The molecule has 0 heterocycles. The maximum atomic E-state index is 10.2. The van der Waals surface area contributed by atoms with E-state index in [4.69, 9.17) is 0 Å². The van der Waals surface area contributed by atoms with Crippen LogP contribution in [0.2, 0.25) is 0 Å². The molecule has 1 aliphatic carbocycles. The van der Waals surface area contributed by atoms with Crippen LogP contribution >= 0.6 is 0 Å². The maximum Gasteiger partial charge on any atom is 0.207 e. The van der Waals surface area contributed by atoms with Gasteiger partial charge in [0.05, 0.1) is 0 Å². The standard InChI is InChI=1S/C9H17NO/c1-8-3-2-4-9(6-5-8)10-7-11/h7-9H,2-6H2,1H3,(H,10,11). The van der Waals surface area contributed by atoms with Gasteiger partial charge in [0, 0.05) is 6.04 Å². The normalized spacial score (nSPS) is 32.5. The molecule has 1 N–H and O–H groups in total. The van der Waals surface area contributed by atoms with Gasteiger partial charge in [0.2, 0.25) is 6.41 Å². The first-order chi connectivity index (χ1) is 5.33. The first-order valence-corrected chi connectivity index (χ1v) is 4.52. The van der Waals surface area contributed by atoms with Gasteiger partial charge in [-0.25, -0.2) is 0 Å². The summed E-state index contributed by atoms with van der Waals surface area (Å²) >= 11 is 0. The highest BCUT2D eigenvalue weighted by molar-refractivity contribution is 5.46. The average Bonchev–Trinajstić information content (AvgIpc) is 2.17. The zero-order valence-corrected chi connectivity index (χ0v) is 7.18. The lowest BCUT2D eigenvalue weighted by molar-refractivity contribution is -0.110. The predicted octanol–water partition coefficient (Wildman–Crippen LogP) is 1.70. The van der Waals surface area contributed by atoms with Crippen molar-refractivity contribution in [2.45, 2.75) is 45.1 Å². The van der Waals surface area contributed by atoms with Crippen LogP contribution in [0.1, 0.15) is 39.0 Å². The molecule has 2 unspecified atom stereocenters. The van der Waals surface area contributed by atoms with Gasteiger partial charge in [-0.2, -0.15) is 0 Å². The van der Waals surface area contributed by atoms with Gasteiger partial charge < -0.3 is 5.32 Å². The fourth-order valence-corrected chi connectivity index (χ4v) is 1.75. The second kappa shape index (κ2) is 4.37. The van der Waals surface area contributed by atoms with E-state index in [0.717, 1.165) is 12.3 Å². The van der Waals surface area contributed by atoms with Gasteiger partial charge in [-0.3, -0.25) is 4.79 Å². The molecule has 1 fully saturated rings. The van der Waals surface area contributed by atoms with Gasteiger partial charge >= 0.3 is 0 Å². The Balaban J connectivity index is 2.27. The first-order valence-electron chi connectivity index (χ1n) is 4.52. The molecule has 0 bridgehead atoms. The summed E-state index contributed by atoms with van der Waals surface area (Å²) in [7, 11) is 0. The molecule has 1 saturated carbocycles. The van der Waals surface area contributed by atoms with E-state index in [0.29, 0.717) is 6.04 Å². The Morgan fingerprint density at radius 2 is 2.09 bits per heavy atom. The smallest absolute Gasteiger partial charge is 0.207 e. The lowest BCUT2D eigenvalue weighted by atomic mass is 10.0. The van der Waals surface area contributed by atoms with Crippen molar-refractivity contribution < 1.29 is 4.79 Å². The molecule has 0 aromatic carbocycles. The Morgan fingerprint density at radius 1 is 1.27 bits per heavy atom. The molecule has 2 nitrogen and oxygen atoms in total. The van der Waals surface area contributed by atoms with Gasteiger partial charge in [-0.15, -0.1) is 0 Å². The van der Waals surface area contributed by atoms with Crippen LogP contribution in [0.25, 0.3) is 0 Å². The third kappa shape index (κ3) is 2.91. The quantitative estimate of drug-likeness (QED) is 0.477. The molecule has 0 aromatic rings. The van der Waals surface area contributed by atoms with E-state index in [-0.39, 0.29) is 0 Å². The summed E-state index contributed by atoms with van der Waals surface area (Å²) in [5.74, 6) is 0.855. The van der Waals surface area contributed by atoms with Crippen LogP contribution in [0.5, 0.6) is 0 Å². The lowest BCUT2D eigenvalue weighted by Crippen LogP contribution is -2.26. The SMILES string of the molecule is CC1CCCC(NC=O)CC1. The highest BCUT2D eigenvalue weighted by atomic mass is 16.1. The van der Waals surface area contributed by atoms with Crippen molar-refractivity contribution in [3.8, 4) is 0 Å². The molecular weight excluding hydrogens is 138 g/mol. The van der Waals surface area contributed by atoms with Crippen molar-refractivity contribution in [3.05, 3.63) is 0 Å². The number of hydrogen-bond acceptors (Lipinski definition) is 1. The Hall–Kier alpha value is -0.530. The molecule has 2 atom stereocenters. The highest BCUT2D eigenvalue weighted by Gasteiger charge is 2.14. The number of carbonyl (C=O) groups excluding carboxylic acids is 1. The van der Waals surface area contributed by atoms with Crippen LogP contribution in [-0.2, 0) is 4.79 Å². The highest BCUT2D eigenvalue weighted by Crippen LogP contribution is 2.22. The maximum absolute atomic E-state index is 10.2. The van der Waals surface area contributed by atoms with E-state index in [1.807, 2.05) is 0 Å². The molecule has 0 aromatic heterocycles. The summed E-state index contributed by atoms with van der Waals surface area (Å²) in [5.41, 5.74) is 0. The molecule has 1 aliphatic rings. The van der Waals surface area contributed by atoms with Crippen LogP contribution in [0, 0.1) is 5.92 Å². The average molecular weight is 155 g/mol. The Bertz CT molecular complexity index is 125. The lowest BCUT2D eigenvalue weighted by Gasteiger charge is -2.11. The second-order valence-electron chi connectivity index (χ2n) is 3.59. The molecule has 11 heavy (non-hydrogen) atoms. The third-order valence-corrected chi connectivity index (χ3v) is 2.56. The number of nitrogens with one attached hydrogen (secondary N) is 1. The minimum Gasteiger partial charge on any atom is -0.356 e. The third-order valence-electron chi connectivity index (χ3n) is 2.56. The summed E-state index contributed by atoms with van der Waals surface area (Å²) in [6.07, 6.45) is 7.04. The van der Waals surface area contributed by atoms with Crippen molar-refractivity contribution >= 4 is 6.41 Å². The first kappa shape index (κ1) is 8.57. The van der Waals surface area contributed by atoms with E-state index < -0.39 is 0 Å². The topological polar surface area (TPSA) is 29.1 Å². The van der Waals surface area contributed by atoms with Crippen molar-refractivity contribution in [1.82, 2.24) is 5.32 Å². The number of amides is 1. The van der Waals surface area contributed by atoms with Crippen LogP contribution in [0.4, 0.5) is 0 Å². The summed E-state index contributed by atoms with van der Waals surface area (Å²) < 4.78 is 0. The van der Waals surface area contributed by atoms with Gasteiger partial charge in [-0.05, 0) is 25.2 Å². The number of hydrogen-bond donors (Lipinski definition) is 1. The zero-order valence-electron chi connectivity index (χ0n) is 7.18. The van der Waals surface area contributed by atoms with Crippen LogP contribution in [0.3, 0.4) is 0 Å². The Kier molecular flexibility index (Phi) is 3.40.